The van der Waals surface area contributed by atoms with E-state index in [4.69, 9.17) is 10.5 Å². The van der Waals surface area contributed by atoms with Gasteiger partial charge in [0, 0.05) is 30.3 Å². The van der Waals surface area contributed by atoms with Crippen molar-refractivity contribution in [1.29, 1.82) is 0 Å². The Labute approximate surface area is 138 Å². The average Bonchev–Trinajstić information content (AvgIpc) is 2.77. The second-order valence-corrected chi connectivity index (χ2v) is 7.22. The van der Waals surface area contributed by atoms with Gasteiger partial charge < -0.3 is 25.6 Å². The van der Waals surface area contributed by atoms with Gasteiger partial charge in [-0.25, -0.2) is 0 Å². The largest absolute Gasteiger partial charge is 0.489 e. The van der Waals surface area contributed by atoms with Crippen molar-refractivity contribution in [1.82, 2.24) is 0 Å². The number of hydrogen-bond acceptors (Lipinski definition) is 5. The maximum Gasteiger partial charge on any atom is 0.145 e. The molecule has 0 amide bonds. The molecule has 1 saturated carbocycles. The van der Waals surface area contributed by atoms with Crippen LogP contribution in [0.25, 0.3) is 0 Å². The number of aliphatic hydroxyl groups excluding tert-OH is 2. The van der Waals surface area contributed by atoms with E-state index in [-0.39, 0.29) is 23.7 Å². The number of nitrogens with two attached hydrogens (primary N) is 1. The van der Waals surface area contributed by atoms with Crippen LogP contribution in [0.3, 0.4) is 0 Å². The van der Waals surface area contributed by atoms with Crippen molar-refractivity contribution >= 4 is 11.4 Å². The van der Waals surface area contributed by atoms with E-state index in [0.29, 0.717) is 18.5 Å². The van der Waals surface area contributed by atoms with Gasteiger partial charge in [0.25, 0.3) is 0 Å². The number of benzene rings is 1. The fourth-order valence-electron chi connectivity index (χ4n) is 4.08. The van der Waals surface area contributed by atoms with Crippen LogP contribution in [0, 0.1) is 5.41 Å². The standard InChI is InChI=1S/C18H28N2O3/c1-12(2)23-15-11-13(19)3-4-14(15)20-9-7-18(8-10-20)16(21)5-6-17(18)22/h3-4,11-12,16-17,21-22H,5-10,19H2,1-2H3. The molecule has 2 atom stereocenters. The van der Waals surface area contributed by atoms with Crippen LogP contribution in [0.15, 0.2) is 18.2 Å². The third-order valence-electron chi connectivity index (χ3n) is 5.42. The molecule has 1 heterocycles. The second-order valence-electron chi connectivity index (χ2n) is 7.22. The van der Waals surface area contributed by atoms with Crippen molar-refractivity contribution in [3.8, 4) is 5.75 Å². The summed E-state index contributed by atoms with van der Waals surface area (Å²) in [5.41, 5.74) is 7.32. The van der Waals surface area contributed by atoms with E-state index in [1.165, 1.54) is 0 Å². The monoisotopic (exact) mass is 320 g/mol. The lowest BCUT2D eigenvalue weighted by atomic mass is 9.73. The van der Waals surface area contributed by atoms with Gasteiger partial charge in [-0.15, -0.1) is 0 Å². The molecule has 0 radical (unpaired) electrons. The second kappa shape index (κ2) is 6.21. The van der Waals surface area contributed by atoms with Gasteiger partial charge >= 0.3 is 0 Å². The highest BCUT2D eigenvalue weighted by Crippen LogP contribution is 2.48. The Morgan fingerprint density at radius 3 is 2.35 bits per heavy atom. The maximum atomic E-state index is 10.3. The minimum Gasteiger partial charge on any atom is -0.489 e. The highest BCUT2D eigenvalue weighted by molar-refractivity contribution is 5.64. The molecule has 1 spiro atoms. The van der Waals surface area contributed by atoms with Crippen LogP contribution in [0.1, 0.15) is 39.5 Å². The Morgan fingerprint density at radius 1 is 1.17 bits per heavy atom. The molecule has 0 aromatic heterocycles. The molecule has 1 aromatic rings. The summed E-state index contributed by atoms with van der Waals surface area (Å²) in [5, 5.41) is 20.6. The minimum atomic E-state index is -0.377. The molecule has 23 heavy (non-hydrogen) atoms. The Hall–Kier alpha value is -1.46. The normalized spacial score (nSPS) is 26.9. The van der Waals surface area contributed by atoms with Crippen molar-refractivity contribution in [3.05, 3.63) is 18.2 Å². The lowest BCUT2D eigenvalue weighted by Crippen LogP contribution is -2.49. The predicted molar refractivity (Wildman–Crippen MR) is 91.7 cm³/mol. The zero-order valence-electron chi connectivity index (χ0n) is 14.0. The van der Waals surface area contributed by atoms with Gasteiger partial charge in [-0.2, -0.15) is 0 Å². The van der Waals surface area contributed by atoms with Crippen LogP contribution in [0.5, 0.6) is 5.75 Å². The van der Waals surface area contributed by atoms with Crippen LogP contribution in [0.4, 0.5) is 11.4 Å². The van der Waals surface area contributed by atoms with Crippen molar-refractivity contribution in [2.75, 3.05) is 23.7 Å². The molecule has 1 aliphatic carbocycles. The van der Waals surface area contributed by atoms with Crippen LogP contribution >= 0.6 is 0 Å². The molecule has 5 nitrogen and oxygen atoms in total. The van der Waals surface area contributed by atoms with Gasteiger partial charge in [0.2, 0.25) is 0 Å². The van der Waals surface area contributed by atoms with E-state index in [1.54, 1.807) is 0 Å². The lowest BCUT2D eigenvalue weighted by molar-refractivity contribution is -0.0402. The summed E-state index contributed by atoms with van der Waals surface area (Å²) >= 11 is 0. The molecule has 0 bridgehead atoms. The smallest absolute Gasteiger partial charge is 0.145 e. The first kappa shape index (κ1) is 16.4. The Bertz CT molecular complexity index is 541. The quantitative estimate of drug-likeness (QED) is 0.744. The number of nitrogen functional groups attached to an aromatic ring is 1. The van der Waals surface area contributed by atoms with E-state index in [1.807, 2.05) is 32.0 Å². The third kappa shape index (κ3) is 3.00. The van der Waals surface area contributed by atoms with Gasteiger partial charge in [0.05, 0.1) is 24.0 Å². The molecule has 2 fully saturated rings. The Kier molecular flexibility index (Phi) is 4.43. The van der Waals surface area contributed by atoms with Gasteiger partial charge in [-0.05, 0) is 51.7 Å². The summed E-state index contributed by atoms with van der Waals surface area (Å²) in [6, 6.07) is 5.78. The van der Waals surface area contributed by atoms with Gasteiger partial charge in [-0.1, -0.05) is 0 Å². The van der Waals surface area contributed by atoms with Gasteiger partial charge in [0.15, 0.2) is 0 Å². The van der Waals surface area contributed by atoms with E-state index in [0.717, 1.165) is 37.4 Å². The summed E-state index contributed by atoms with van der Waals surface area (Å²) in [6.45, 7) is 5.63. The lowest BCUT2D eigenvalue weighted by Gasteiger charge is -2.44. The molecule has 128 valence electrons. The number of nitrogens with zero attached hydrogens (tertiary/aromatic N) is 1. The Balaban J connectivity index is 1.77. The summed E-state index contributed by atoms with van der Waals surface area (Å²) in [4.78, 5) is 2.28. The molecule has 3 rings (SSSR count). The molecule has 1 aromatic carbocycles. The number of aliphatic hydroxyl groups is 2. The molecule has 5 heteroatoms. The summed E-state index contributed by atoms with van der Waals surface area (Å²) in [5.74, 6) is 0.809. The van der Waals surface area contributed by atoms with Gasteiger partial charge in [-0.3, -0.25) is 0 Å². The van der Waals surface area contributed by atoms with E-state index < -0.39 is 0 Å². The molecular weight excluding hydrogens is 292 g/mol. The zero-order valence-corrected chi connectivity index (χ0v) is 14.0. The first-order chi connectivity index (χ1) is 10.9. The number of rotatable bonds is 3. The topological polar surface area (TPSA) is 79.0 Å². The first-order valence-corrected chi connectivity index (χ1v) is 8.59. The molecule has 2 unspecified atom stereocenters. The highest BCUT2D eigenvalue weighted by Gasteiger charge is 2.50. The van der Waals surface area contributed by atoms with Crippen molar-refractivity contribution in [3.63, 3.8) is 0 Å². The molecule has 1 saturated heterocycles. The van der Waals surface area contributed by atoms with Crippen molar-refractivity contribution in [2.24, 2.45) is 5.41 Å². The first-order valence-electron chi connectivity index (χ1n) is 8.59. The van der Waals surface area contributed by atoms with Crippen molar-refractivity contribution < 1.29 is 14.9 Å². The number of ether oxygens (including phenoxy) is 1. The maximum absolute atomic E-state index is 10.3. The number of hydrogen-bond donors (Lipinski definition) is 3. The molecule has 4 N–H and O–H groups in total. The van der Waals surface area contributed by atoms with E-state index in [9.17, 15) is 10.2 Å². The highest BCUT2D eigenvalue weighted by atomic mass is 16.5. The van der Waals surface area contributed by atoms with Gasteiger partial charge in [0.1, 0.15) is 5.75 Å². The fraction of sp³-hybridized carbons (Fsp3) is 0.667. The summed E-state index contributed by atoms with van der Waals surface area (Å²) in [6.07, 6.45) is 2.37. The van der Waals surface area contributed by atoms with Crippen LogP contribution in [-0.4, -0.2) is 41.6 Å². The van der Waals surface area contributed by atoms with Crippen LogP contribution < -0.4 is 15.4 Å². The minimum absolute atomic E-state index is 0.0881. The number of piperidine rings is 1. The predicted octanol–water partition coefficient (Wildman–Crippen LogP) is 2.16. The van der Waals surface area contributed by atoms with E-state index >= 15 is 0 Å². The average molecular weight is 320 g/mol. The van der Waals surface area contributed by atoms with Crippen LogP contribution in [0.2, 0.25) is 0 Å². The summed E-state index contributed by atoms with van der Waals surface area (Å²) in [7, 11) is 0. The van der Waals surface area contributed by atoms with Crippen molar-refractivity contribution in [2.45, 2.75) is 57.8 Å². The SMILES string of the molecule is CC(C)Oc1cc(N)ccc1N1CCC2(CC1)C(O)CCC2O. The number of anilines is 2. The molecule has 2 aliphatic rings. The fourth-order valence-corrected chi connectivity index (χ4v) is 4.08. The van der Waals surface area contributed by atoms with E-state index in [2.05, 4.69) is 4.90 Å². The zero-order chi connectivity index (χ0) is 16.6. The Morgan fingerprint density at radius 2 is 1.78 bits per heavy atom. The molecular formula is C18H28N2O3. The third-order valence-corrected chi connectivity index (χ3v) is 5.42. The van der Waals surface area contributed by atoms with Crippen LogP contribution in [-0.2, 0) is 0 Å². The molecule has 1 aliphatic heterocycles. The summed E-state index contributed by atoms with van der Waals surface area (Å²) < 4.78 is 5.92.